The van der Waals surface area contributed by atoms with Crippen molar-refractivity contribution in [2.75, 3.05) is 30.8 Å². The fraction of sp³-hybridized carbons (Fsp3) is 0.417. The number of ether oxygens (including phenoxy) is 1. The third kappa shape index (κ3) is 7.21. The highest BCUT2D eigenvalue weighted by molar-refractivity contribution is 7.92. The molecule has 0 bridgehead atoms. The first-order chi connectivity index (χ1) is 15.6. The Balaban J connectivity index is 2.39. The number of likely N-dealkylation sites (N-methyl/N-ethyl adjacent to an activating group) is 1. The lowest BCUT2D eigenvalue weighted by molar-refractivity contribution is -0.140. The van der Waals surface area contributed by atoms with E-state index in [9.17, 15) is 18.0 Å². The molecule has 0 aliphatic carbocycles. The van der Waals surface area contributed by atoms with E-state index >= 15 is 0 Å². The minimum atomic E-state index is -3.77. The lowest BCUT2D eigenvalue weighted by Gasteiger charge is -2.32. The van der Waals surface area contributed by atoms with Crippen LogP contribution in [0.5, 0.6) is 5.75 Å². The first-order valence-corrected chi connectivity index (χ1v) is 12.7. The molecule has 1 N–H and O–H groups in total. The average molecular weight is 476 g/mol. The van der Waals surface area contributed by atoms with E-state index in [1.807, 2.05) is 45.0 Å². The molecule has 0 saturated heterocycles. The van der Waals surface area contributed by atoms with Crippen molar-refractivity contribution in [3.63, 3.8) is 0 Å². The van der Waals surface area contributed by atoms with Crippen molar-refractivity contribution in [3.8, 4) is 5.75 Å². The molecule has 180 valence electrons. The molecule has 1 atom stereocenters. The number of amides is 2. The summed E-state index contributed by atoms with van der Waals surface area (Å²) in [6.45, 7) is 5.87. The van der Waals surface area contributed by atoms with Crippen LogP contribution in [0, 0.1) is 6.92 Å². The molecular formula is C24H33N3O5S. The van der Waals surface area contributed by atoms with E-state index in [0.717, 1.165) is 21.7 Å². The number of rotatable bonds is 11. The molecule has 0 saturated carbocycles. The van der Waals surface area contributed by atoms with Crippen molar-refractivity contribution in [1.29, 1.82) is 0 Å². The van der Waals surface area contributed by atoms with Crippen LogP contribution in [0.3, 0.4) is 0 Å². The molecule has 2 aromatic rings. The Morgan fingerprint density at radius 1 is 1.09 bits per heavy atom. The number of carbonyl (C=O) groups excluding carboxylic acids is 2. The second-order valence-corrected chi connectivity index (χ2v) is 9.65. The van der Waals surface area contributed by atoms with Gasteiger partial charge in [0.15, 0.2) is 0 Å². The second-order valence-electron chi connectivity index (χ2n) is 7.75. The minimum Gasteiger partial charge on any atom is -0.494 e. The zero-order chi connectivity index (χ0) is 24.6. The molecule has 0 fully saturated rings. The monoisotopic (exact) mass is 475 g/mol. The molecule has 0 unspecified atom stereocenters. The van der Waals surface area contributed by atoms with Crippen molar-refractivity contribution in [3.05, 3.63) is 59.7 Å². The van der Waals surface area contributed by atoms with Crippen LogP contribution in [0.25, 0.3) is 0 Å². The van der Waals surface area contributed by atoms with Gasteiger partial charge in [0.05, 0.1) is 18.6 Å². The third-order valence-corrected chi connectivity index (χ3v) is 6.32. The van der Waals surface area contributed by atoms with Crippen molar-refractivity contribution >= 4 is 27.5 Å². The summed E-state index contributed by atoms with van der Waals surface area (Å²) in [5.41, 5.74) is 2.23. The first-order valence-electron chi connectivity index (χ1n) is 10.9. The maximum atomic E-state index is 13.5. The summed E-state index contributed by atoms with van der Waals surface area (Å²) in [4.78, 5) is 27.5. The molecular weight excluding hydrogens is 442 g/mol. The summed E-state index contributed by atoms with van der Waals surface area (Å²) in [5, 5.41) is 2.60. The highest BCUT2D eigenvalue weighted by Gasteiger charge is 2.31. The van der Waals surface area contributed by atoms with Gasteiger partial charge in [0.2, 0.25) is 21.8 Å². The van der Waals surface area contributed by atoms with Crippen molar-refractivity contribution in [2.24, 2.45) is 0 Å². The number of carbonyl (C=O) groups is 2. The van der Waals surface area contributed by atoms with Gasteiger partial charge < -0.3 is 15.0 Å². The summed E-state index contributed by atoms with van der Waals surface area (Å²) in [7, 11) is -2.25. The Kier molecular flexibility index (Phi) is 9.28. The van der Waals surface area contributed by atoms with E-state index in [-0.39, 0.29) is 12.5 Å². The maximum Gasteiger partial charge on any atom is 0.244 e. The highest BCUT2D eigenvalue weighted by Crippen LogP contribution is 2.23. The quantitative estimate of drug-likeness (QED) is 0.539. The number of nitrogens with one attached hydrogen (secondary N) is 1. The van der Waals surface area contributed by atoms with Gasteiger partial charge >= 0.3 is 0 Å². The van der Waals surface area contributed by atoms with E-state index in [2.05, 4.69) is 5.32 Å². The Morgan fingerprint density at radius 2 is 1.76 bits per heavy atom. The van der Waals surface area contributed by atoms with Gasteiger partial charge in [-0.05, 0) is 50.1 Å². The summed E-state index contributed by atoms with van der Waals surface area (Å²) >= 11 is 0. The van der Waals surface area contributed by atoms with Crippen LogP contribution in [0.15, 0.2) is 48.5 Å². The average Bonchev–Trinajstić information content (AvgIpc) is 2.77. The molecule has 2 aromatic carbocycles. The molecule has 0 heterocycles. The van der Waals surface area contributed by atoms with E-state index in [1.54, 1.807) is 24.3 Å². The molecule has 0 spiro atoms. The van der Waals surface area contributed by atoms with Crippen LogP contribution < -0.4 is 14.4 Å². The number of sulfonamides is 1. The second kappa shape index (κ2) is 11.7. The standard InChI is InChI=1S/C24H33N3O5S/c1-6-22(24(29)25-4)26(16-19-10-8-9-18(3)15-19)23(28)17-27(33(5,30)31)20-11-13-21(14-12-20)32-7-2/h8-15,22H,6-7,16-17H2,1-5H3,(H,25,29)/t22-/m1/s1. The van der Waals surface area contributed by atoms with Crippen LogP contribution in [0.2, 0.25) is 0 Å². The fourth-order valence-electron chi connectivity index (χ4n) is 3.58. The molecule has 0 aliphatic heterocycles. The van der Waals surface area contributed by atoms with Crippen molar-refractivity contribution in [2.45, 2.75) is 39.8 Å². The number of hydrogen-bond donors (Lipinski definition) is 1. The molecule has 0 aromatic heterocycles. The van der Waals surface area contributed by atoms with E-state index < -0.39 is 28.5 Å². The predicted molar refractivity (Wildman–Crippen MR) is 130 cm³/mol. The highest BCUT2D eigenvalue weighted by atomic mass is 32.2. The zero-order valence-electron chi connectivity index (χ0n) is 19.9. The van der Waals surface area contributed by atoms with Crippen LogP contribution >= 0.6 is 0 Å². The summed E-state index contributed by atoms with van der Waals surface area (Å²) < 4.78 is 31.6. The Morgan fingerprint density at radius 3 is 2.27 bits per heavy atom. The smallest absolute Gasteiger partial charge is 0.244 e. The normalized spacial score (nSPS) is 12.0. The van der Waals surface area contributed by atoms with E-state index in [1.165, 1.54) is 11.9 Å². The minimum absolute atomic E-state index is 0.188. The first kappa shape index (κ1) is 26.2. The van der Waals surface area contributed by atoms with Gasteiger partial charge in [0.1, 0.15) is 18.3 Å². The van der Waals surface area contributed by atoms with Crippen molar-refractivity contribution in [1.82, 2.24) is 10.2 Å². The number of aryl methyl sites for hydroxylation is 1. The van der Waals surface area contributed by atoms with Crippen LogP contribution in [-0.4, -0.2) is 57.6 Å². The molecule has 8 nitrogen and oxygen atoms in total. The van der Waals surface area contributed by atoms with E-state index in [4.69, 9.17) is 4.74 Å². The molecule has 2 rings (SSSR count). The van der Waals surface area contributed by atoms with Crippen LogP contribution in [-0.2, 0) is 26.2 Å². The number of hydrogen-bond acceptors (Lipinski definition) is 5. The topological polar surface area (TPSA) is 96.0 Å². The molecule has 0 radical (unpaired) electrons. The molecule has 9 heteroatoms. The van der Waals surface area contributed by atoms with Gasteiger partial charge in [0, 0.05) is 13.6 Å². The lowest BCUT2D eigenvalue weighted by Crippen LogP contribution is -2.51. The number of anilines is 1. The molecule has 0 aliphatic rings. The Hall–Kier alpha value is -3.07. The van der Waals surface area contributed by atoms with E-state index in [0.29, 0.717) is 24.5 Å². The Labute approximate surface area is 196 Å². The van der Waals surface area contributed by atoms with Gasteiger partial charge in [-0.15, -0.1) is 0 Å². The summed E-state index contributed by atoms with van der Waals surface area (Å²) in [5.74, 6) is -0.162. The summed E-state index contributed by atoms with van der Waals surface area (Å²) in [6.07, 6.45) is 1.44. The largest absolute Gasteiger partial charge is 0.494 e. The van der Waals surface area contributed by atoms with Gasteiger partial charge in [-0.2, -0.15) is 0 Å². The number of benzene rings is 2. The lowest BCUT2D eigenvalue weighted by atomic mass is 10.1. The molecule has 33 heavy (non-hydrogen) atoms. The van der Waals surface area contributed by atoms with Crippen molar-refractivity contribution < 1.29 is 22.7 Å². The van der Waals surface area contributed by atoms with Gasteiger partial charge in [-0.1, -0.05) is 36.8 Å². The third-order valence-electron chi connectivity index (χ3n) is 5.18. The van der Waals surface area contributed by atoms with Crippen LogP contribution in [0.4, 0.5) is 5.69 Å². The predicted octanol–water partition coefficient (Wildman–Crippen LogP) is 2.71. The molecule has 2 amide bonds. The fourth-order valence-corrected chi connectivity index (χ4v) is 4.43. The SMILES string of the molecule is CCOc1ccc(N(CC(=O)N(Cc2cccc(C)c2)[C@H](CC)C(=O)NC)S(C)(=O)=O)cc1. The summed E-state index contributed by atoms with van der Waals surface area (Å²) in [6, 6.07) is 13.4. The van der Waals surface area contributed by atoms with Gasteiger partial charge in [-0.25, -0.2) is 8.42 Å². The van der Waals surface area contributed by atoms with Gasteiger partial charge in [-0.3, -0.25) is 13.9 Å². The maximum absolute atomic E-state index is 13.5. The zero-order valence-corrected chi connectivity index (χ0v) is 20.7. The Bertz CT molecular complexity index is 1050. The number of nitrogens with zero attached hydrogens (tertiary/aromatic N) is 2. The van der Waals surface area contributed by atoms with Gasteiger partial charge in [0.25, 0.3) is 0 Å². The van der Waals surface area contributed by atoms with Crippen LogP contribution in [0.1, 0.15) is 31.4 Å².